The molecule has 0 fully saturated rings. The Morgan fingerprint density at radius 3 is 2.07 bits per heavy atom. The third kappa shape index (κ3) is 6.92. The van der Waals surface area contributed by atoms with E-state index in [-0.39, 0.29) is 26.8 Å². The summed E-state index contributed by atoms with van der Waals surface area (Å²) in [5, 5.41) is 0. The van der Waals surface area contributed by atoms with Crippen LogP contribution in [0.15, 0.2) is 158 Å². The average Bonchev–Trinajstić information content (AvgIpc) is 3.22. The van der Waals surface area contributed by atoms with Crippen molar-refractivity contribution >= 4 is 23.1 Å². The molecule has 55 heavy (non-hydrogen) atoms. The van der Waals surface area contributed by atoms with E-state index in [1.807, 2.05) is 60.9 Å². The number of para-hydroxylation sites is 1. The van der Waals surface area contributed by atoms with Crippen molar-refractivity contribution in [1.29, 1.82) is 0 Å². The number of ether oxygens (including phenoxy) is 2. The third-order valence-corrected chi connectivity index (χ3v) is 10.2. The van der Waals surface area contributed by atoms with Crippen molar-refractivity contribution in [2.45, 2.75) is 20.8 Å². The van der Waals surface area contributed by atoms with E-state index in [4.69, 9.17) is 14.5 Å². The molecule has 0 unspecified atom stereocenters. The van der Waals surface area contributed by atoms with Gasteiger partial charge in [0.1, 0.15) is 17.2 Å². The Morgan fingerprint density at radius 1 is 0.545 bits per heavy atom. The van der Waals surface area contributed by atoms with E-state index in [1.165, 1.54) is 33.4 Å². The molecule has 0 spiro atoms. The molecule has 0 atom stereocenters. The van der Waals surface area contributed by atoms with Crippen LogP contribution in [0, 0.1) is 32.9 Å². The van der Waals surface area contributed by atoms with Gasteiger partial charge in [0.2, 0.25) is 6.71 Å². The molecule has 2 aliphatic heterocycles. The van der Waals surface area contributed by atoms with Gasteiger partial charge in [-0.05, 0) is 82.3 Å². The number of aryl methyl sites for hydroxylation is 3. The summed E-state index contributed by atoms with van der Waals surface area (Å²) in [7, 11) is 0. The number of nitrogens with zero attached hydrogens (tertiary/aromatic N) is 2. The average molecular weight is 887 g/mol. The van der Waals surface area contributed by atoms with Crippen LogP contribution in [0.2, 0.25) is 0 Å². The first-order valence-electron chi connectivity index (χ1n) is 18.2. The van der Waals surface area contributed by atoms with Gasteiger partial charge in [-0.3, -0.25) is 0 Å². The summed E-state index contributed by atoms with van der Waals surface area (Å²) in [5.41, 5.74) is 15.4. The van der Waals surface area contributed by atoms with Gasteiger partial charge >= 0.3 is 0 Å². The van der Waals surface area contributed by atoms with E-state index >= 15 is 0 Å². The molecule has 6 heteroatoms. The molecule has 4 nitrogen and oxygen atoms in total. The molecular weight excluding hydrogens is 852 g/mol. The van der Waals surface area contributed by atoms with Gasteiger partial charge in [0.05, 0.1) is 0 Å². The molecule has 267 valence electrons. The Balaban J connectivity index is 0.000000175. The standard InChI is InChI=1S/C30H19BNO2.C19H16N.Ir/c1-19-8-2-3-9-21(19)20-16-17-25(32-18-20)22-10-6-12-24-30(22)34-28-15-7-14-27-29(28)31(24)23-11-4-5-13-26(23)33-27;1-14-8-10-17(11-9-14)19-12-18(15(2)13-20-19)16-6-4-3-5-7-16;/h2-9,11-18H,1H3;3-10,12-13H,1-2H3;/q2*-1;. The summed E-state index contributed by atoms with van der Waals surface area (Å²) in [6, 6.07) is 56.3. The van der Waals surface area contributed by atoms with E-state index in [9.17, 15) is 0 Å². The fourth-order valence-corrected chi connectivity index (χ4v) is 7.39. The number of aromatic nitrogens is 2. The zero-order valence-corrected chi connectivity index (χ0v) is 33.0. The second-order valence-corrected chi connectivity index (χ2v) is 13.8. The largest absolute Gasteiger partial charge is 0.503 e. The zero-order valence-electron chi connectivity index (χ0n) is 30.6. The van der Waals surface area contributed by atoms with Gasteiger partial charge in [-0.2, -0.15) is 0 Å². The predicted octanol–water partition coefficient (Wildman–Crippen LogP) is 10.1. The Morgan fingerprint density at radius 2 is 1.29 bits per heavy atom. The number of rotatable bonds is 4. The molecule has 8 aromatic rings. The van der Waals surface area contributed by atoms with Gasteiger partial charge in [0.25, 0.3) is 0 Å². The first kappa shape index (κ1) is 35.9. The Labute approximate surface area is 336 Å². The maximum absolute atomic E-state index is 6.51. The molecule has 2 aliphatic rings. The van der Waals surface area contributed by atoms with Crippen molar-refractivity contribution in [3.05, 3.63) is 187 Å². The van der Waals surface area contributed by atoms with Gasteiger partial charge in [0, 0.05) is 43.7 Å². The molecule has 0 bridgehead atoms. The summed E-state index contributed by atoms with van der Waals surface area (Å²) in [6.07, 6.45) is 3.87. The van der Waals surface area contributed by atoms with Crippen molar-refractivity contribution in [1.82, 2.24) is 9.97 Å². The minimum absolute atomic E-state index is 0. The van der Waals surface area contributed by atoms with Gasteiger partial charge < -0.3 is 19.4 Å². The van der Waals surface area contributed by atoms with Crippen molar-refractivity contribution in [2.75, 3.05) is 0 Å². The maximum atomic E-state index is 6.51. The number of benzene rings is 6. The van der Waals surface area contributed by atoms with Crippen LogP contribution in [0.25, 0.3) is 44.8 Å². The minimum Gasteiger partial charge on any atom is -0.503 e. The van der Waals surface area contributed by atoms with Crippen LogP contribution in [0.1, 0.15) is 16.7 Å². The molecular formula is C49H35BIrN2O2-2. The minimum atomic E-state index is 0. The Hall–Kier alpha value is -6.07. The normalized spacial score (nSPS) is 11.7. The van der Waals surface area contributed by atoms with E-state index in [0.29, 0.717) is 0 Å². The van der Waals surface area contributed by atoms with Crippen molar-refractivity contribution < 1.29 is 29.6 Å². The van der Waals surface area contributed by atoms with E-state index in [1.54, 1.807) is 0 Å². The quantitative estimate of drug-likeness (QED) is 0.131. The van der Waals surface area contributed by atoms with Gasteiger partial charge in [-0.1, -0.05) is 110 Å². The third-order valence-electron chi connectivity index (χ3n) is 10.2. The molecule has 0 N–H and O–H groups in total. The van der Waals surface area contributed by atoms with E-state index in [0.717, 1.165) is 67.5 Å². The van der Waals surface area contributed by atoms with Crippen LogP contribution >= 0.6 is 0 Å². The number of hydrogen-bond donors (Lipinski definition) is 0. The molecule has 4 heterocycles. The van der Waals surface area contributed by atoms with Crippen LogP contribution in [0.5, 0.6) is 23.0 Å². The fourth-order valence-electron chi connectivity index (χ4n) is 7.39. The molecule has 10 rings (SSSR count). The predicted molar refractivity (Wildman–Crippen MR) is 220 cm³/mol. The topological polar surface area (TPSA) is 44.2 Å². The number of fused-ring (bicyclic) bond motifs is 4. The molecule has 0 aliphatic carbocycles. The Kier molecular flexibility index (Phi) is 10.0. The van der Waals surface area contributed by atoms with Crippen molar-refractivity contribution in [2.24, 2.45) is 0 Å². The fraction of sp³-hybridized carbons (Fsp3) is 0.0612. The van der Waals surface area contributed by atoms with Gasteiger partial charge in [-0.15, -0.1) is 59.1 Å². The van der Waals surface area contributed by atoms with Gasteiger partial charge in [0.15, 0.2) is 0 Å². The summed E-state index contributed by atoms with van der Waals surface area (Å²) in [4.78, 5) is 9.35. The number of pyridine rings is 2. The summed E-state index contributed by atoms with van der Waals surface area (Å²) in [5.74, 6) is 3.37. The molecule has 1 radical (unpaired) electrons. The summed E-state index contributed by atoms with van der Waals surface area (Å²) >= 11 is 0. The summed E-state index contributed by atoms with van der Waals surface area (Å²) in [6.45, 7) is 6.33. The van der Waals surface area contributed by atoms with Crippen LogP contribution in [0.3, 0.4) is 0 Å². The summed E-state index contributed by atoms with van der Waals surface area (Å²) < 4.78 is 12.7. The second kappa shape index (κ2) is 15.4. The van der Waals surface area contributed by atoms with Crippen LogP contribution in [-0.2, 0) is 20.1 Å². The first-order chi connectivity index (χ1) is 26.5. The van der Waals surface area contributed by atoms with Crippen molar-refractivity contribution in [3.63, 3.8) is 0 Å². The molecule has 2 aromatic heterocycles. The second-order valence-electron chi connectivity index (χ2n) is 13.8. The maximum Gasteiger partial charge on any atom is 0.241 e. The van der Waals surface area contributed by atoms with Crippen LogP contribution in [-0.4, -0.2) is 16.7 Å². The SMILES string of the molecule is Cc1c[c-]c(-c2cc(-c3ccccc3)c(C)cn2)cc1.Cc1ccccc1-c1ccc(-c2[c-]ccc3c2Oc2cccc4c2B3c2ccccc2O4)nc1.[Ir]. The monoisotopic (exact) mass is 887 g/mol. The van der Waals surface area contributed by atoms with Crippen LogP contribution in [0.4, 0.5) is 0 Å². The van der Waals surface area contributed by atoms with Crippen LogP contribution < -0.4 is 25.9 Å². The Bertz CT molecular complexity index is 2640. The van der Waals surface area contributed by atoms with Crippen molar-refractivity contribution in [3.8, 4) is 67.8 Å². The molecule has 6 aromatic carbocycles. The van der Waals surface area contributed by atoms with E-state index in [2.05, 4.69) is 135 Å². The number of hydrogen-bond acceptors (Lipinski definition) is 4. The smallest absolute Gasteiger partial charge is 0.241 e. The van der Waals surface area contributed by atoms with Gasteiger partial charge in [-0.25, -0.2) is 0 Å². The molecule has 0 saturated heterocycles. The van der Waals surface area contributed by atoms with E-state index < -0.39 is 0 Å². The first-order valence-corrected chi connectivity index (χ1v) is 18.2. The molecule has 0 amide bonds. The molecule has 0 saturated carbocycles. The zero-order chi connectivity index (χ0) is 36.6.